The van der Waals surface area contributed by atoms with Crippen molar-refractivity contribution in [2.75, 3.05) is 27.2 Å². The monoisotopic (exact) mass is 264 g/mol. The van der Waals surface area contributed by atoms with Crippen LogP contribution in [0, 0.1) is 0 Å². The van der Waals surface area contributed by atoms with Gasteiger partial charge in [-0.2, -0.15) is 0 Å². The van der Waals surface area contributed by atoms with E-state index < -0.39 is 0 Å². The van der Waals surface area contributed by atoms with Gasteiger partial charge in [-0.1, -0.05) is 6.07 Å². The third-order valence-corrected chi connectivity index (χ3v) is 3.87. The van der Waals surface area contributed by atoms with Crippen LogP contribution in [-0.2, 0) is 0 Å². The predicted octanol–water partition coefficient (Wildman–Crippen LogP) is 2.14. The first-order chi connectivity index (χ1) is 8.58. The lowest BCUT2D eigenvalue weighted by atomic mass is 10.1. The van der Waals surface area contributed by atoms with Crippen molar-refractivity contribution in [3.63, 3.8) is 0 Å². The molecule has 0 saturated carbocycles. The Kier molecular flexibility index (Phi) is 4.30. The van der Waals surface area contributed by atoms with Crippen LogP contribution >= 0.6 is 12.6 Å². The van der Waals surface area contributed by atoms with Crippen molar-refractivity contribution in [1.82, 2.24) is 9.80 Å². The number of hydrogen-bond acceptors (Lipinski definition) is 3. The lowest BCUT2D eigenvalue weighted by Crippen LogP contribution is -2.39. The molecule has 1 aromatic carbocycles. The summed E-state index contributed by atoms with van der Waals surface area (Å²) >= 11 is 4.27. The van der Waals surface area contributed by atoms with Crippen molar-refractivity contribution < 1.29 is 4.79 Å². The summed E-state index contributed by atoms with van der Waals surface area (Å²) in [5.41, 5.74) is 0.714. The van der Waals surface area contributed by atoms with Gasteiger partial charge in [0.25, 0.3) is 5.91 Å². The average molecular weight is 264 g/mol. The maximum absolute atomic E-state index is 12.3. The van der Waals surface area contributed by atoms with E-state index in [1.165, 1.54) is 12.8 Å². The smallest absolute Gasteiger partial charge is 0.253 e. The molecule has 98 valence electrons. The Hall–Kier alpha value is -1.00. The van der Waals surface area contributed by atoms with Crippen molar-refractivity contribution in [2.45, 2.75) is 23.8 Å². The van der Waals surface area contributed by atoms with Gasteiger partial charge in [-0.25, -0.2) is 0 Å². The van der Waals surface area contributed by atoms with E-state index in [1.54, 1.807) is 0 Å². The molecule has 2 rings (SSSR count). The van der Waals surface area contributed by atoms with Crippen LogP contribution in [0.25, 0.3) is 0 Å². The second kappa shape index (κ2) is 5.76. The fourth-order valence-corrected chi connectivity index (χ4v) is 2.69. The Balaban J connectivity index is 2.00. The number of carbonyl (C=O) groups is 1. The number of nitrogens with zero attached hydrogens (tertiary/aromatic N) is 2. The zero-order valence-corrected chi connectivity index (χ0v) is 11.9. The van der Waals surface area contributed by atoms with Crippen molar-refractivity contribution in [3.8, 4) is 0 Å². The summed E-state index contributed by atoms with van der Waals surface area (Å²) in [4.78, 5) is 17.2. The third kappa shape index (κ3) is 3.06. The van der Waals surface area contributed by atoms with E-state index in [1.807, 2.05) is 36.2 Å². The molecule has 0 radical (unpaired) electrons. The van der Waals surface area contributed by atoms with E-state index in [2.05, 4.69) is 24.6 Å². The molecule has 3 nitrogen and oxygen atoms in total. The van der Waals surface area contributed by atoms with E-state index in [0.717, 1.165) is 18.0 Å². The highest BCUT2D eigenvalue weighted by atomic mass is 32.1. The third-order valence-electron chi connectivity index (χ3n) is 3.60. The first-order valence-electron chi connectivity index (χ1n) is 6.32. The number of benzene rings is 1. The Morgan fingerprint density at radius 1 is 1.56 bits per heavy atom. The molecule has 18 heavy (non-hydrogen) atoms. The van der Waals surface area contributed by atoms with Crippen LogP contribution in [-0.4, -0.2) is 48.9 Å². The molecule has 0 aliphatic carbocycles. The topological polar surface area (TPSA) is 23.6 Å². The molecule has 0 spiro atoms. The second-order valence-corrected chi connectivity index (χ2v) is 5.53. The fourth-order valence-electron chi connectivity index (χ4n) is 2.47. The maximum Gasteiger partial charge on any atom is 0.253 e. The Morgan fingerprint density at radius 3 is 2.94 bits per heavy atom. The predicted molar refractivity (Wildman–Crippen MR) is 76.3 cm³/mol. The molecule has 0 bridgehead atoms. The summed E-state index contributed by atoms with van der Waals surface area (Å²) in [6, 6.07) is 7.91. The first-order valence-corrected chi connectivity index (χ1v) is 6.77. The molecule has 0 N–H and O–H groups in total. The Morgan fingerprint density at radius 2 is 2.33 bits per heavy atom. The quantitative estimate of drug-likeness (QED) is 0.846. The Labute approximate surface area is 114 Å². The van der Waals surface area contributed by atoms with Gasteiger partial charge < -0.3 is 9.80 Å². The highest BCUT2D eigenvalue weighted by Gasteiger charge is 2.24. The zero-order chi connectivity index (χ0) is 13.1. The van der Waals surface area contributed by atoms with Crippen molar-refractivity contribution in [3.05, 3.63) is 29.8 Å². The number of rotatable bonds is 3. The van der Waals surface area contributed by atoms with Crippen LogP contribution in [0.2, 0.25) is 0 Å². The van der Waals surface area contributed by atoms with Crippen molar-refractivity contribution in [2.24, 2.45) is 0 Å². The van der Waals surface area contributed by atoms with Gasteiger partial charge in [0.2, 0.25) is 0 Å². The molecule has 1 heterocycles. The number of hydrogen-bond donors (Lipinski definition) is 1. The summed E-state index contributed by atoms with van der Waals surface area (Å²) in [5, 5.41) is 0. The van der Waals surface area contributed by atoms with Gasteiger partial charge in [0.15, 0.2) is 0 Å². The molecule has 1 atom stereocenters. The number of likely N-dealkylation sites (N-methyl/N-ethyl adjacent to an activating group) is 2. The molecule has 1 aliphatic rings. The number of thiol groups is 1. The summed E-state index contributed by atoms with van der Waals surface area (Å²) in [6.45, 7) is 1.94. The minimum atomic E-state index is 0.0752. The van der Waals surface area contributed by atoms with Crippen LogP contribution < -0.4 is 0 Å². The standard InChI is InChI=1S/C14H20N2OS/c1-15-8-4-6-12(15)10-16(2)14(17)11-5-3-7-13(18)9-11/h3,5,7,9,12,18H,4,6,8,10H2,1-2H3. The van der Waals surface area contributed by atoms with Gasteiger partial charge in [0.1, 0.15) is 0 Å². The van der Waals surface area contributed by atoms with Crippen LogP contribution in [0.3, 0.4) is 0 Å². The molecular weight excluding hydrogens is 244 g/mol. The van der Waals surface area contributed by atoms with Gasteiger partial charge in [-0.05, 0) is 44.6 Å². The SMILES string of the molecule is CN(CC1CCCN1C)C(=O)c1cccc(S)c1. The molecule has 0 aromatic heterocycles. The van der Waals surface area contributed by atoms with Gasteiger partial charge >= 0.3 is 0 Å². The maximum atomic E-state index is 12.3. The lowest BCUT2D eigenvalue weighted by Gasteiger charge is -2.26. The molecule has 1 aliphatic heterocycles. The minimum absolute atomic E-state index is 0.0752. The highest BCUT2D eigenvalue weighted by molar-refractivity contribution is 7.80. The van der Waals surface area contributed by atoms with Crippen LogP contribution in [0.5, 0.6) is 0 Å². The molecule has 1 unspecified atom stereocenters. The van der Waals surface area contributed by atoms with Gasteiger partial charge in [-0.3, -0.25) is 4.79 Å². The largest absolute Gasteiger partial charge is 0.340 e. The van der Waals surface area contributed by atoms with Crippen molar-refractivity contribution >= 4 is 18.5 Å². The summed E-state index contributed by atoms with van der Waals surface area (Å²) in [7, 11) is 4.00. The molecule has 1 fully saturated rings. The Bertz CT molecular complexity index is 436. The second-order valence-electron chi connectivity index (χ2n) is 5.01. The van der Waals surface area contributed by atoms with E-state index in [-0.39, 0.29) is 5.91 Å². The normalized spacial score (nSPS) is 20.1. The minimum Gasteiger partial charge on any atom is -0.340 e. The summed E-state index contributed by atoms with van der Waals surface area (Å²) in [6.07, 6.45) is 2.41. The molecular formula is C14H20N2OS. The number of carbonyl (C=O) groups excluding carboxylic acids is 1. The average Bonchev–Trinajstić information content (AvgIpc) is 2.74. The summed E-state index contributed by atoms with van der Waals surface area (Å²) in [5.74, 6) is 0.0752. The van der Waals surface area contributed by atoms with Gasteiger partial charge in [0.05, 0.1) is 0 Å². The molecule has 1 amide bonds. The zero-order valence-electron chi connectivity index (χ0n) is 11.0. The van der Waals surface area contributed by atoms with Crippen LogP contribution in [0.15, 0.2) is 29.2 Å². The van der Waals surface area contributed by atoms with E-state index in [9.17, 15) is 4.79 Å². The molecule has 1 saturated heterocycles. The van der Waals surface area contributed by atoms with Crippen molar-refractivity contribution in [1.29, 1.82) is 0 Å². The van der Waals surface area contributed by atoms with Gasteiger partial charge in [-0.15, -0.1) is 12.6 Å². The number of likely N-dealkylation sites (tertiary alicyclic amines) is 1. The van der Waals surface area contributed by atoms with E-state index in [4.69, 9.17) is 0 Å². The van der Waals surface area contributed by atoms with E-state index >= 15 is 0 Å². The lowest BCUT2D eigenvalue weighted by molar-refractivity contribution is 0.0761. The molecule has 4 heteroatoms. The van der Waals surface area contributed by atoms with Gasteiger partial charge in [0, 0.05) is 30.1 Å². The highest BCUT2D eigenvalue weighted by Crippen LogP contribution is 2.17. The molecule has 1 aromatic rings. The van der Waals surface area contributed by atoms with Crippen LogP contribution in [0.1, 0.15) is 23.2 Å². The van der Waals surface area contributed by atoms with E-state index in [0.29, 0.717) is 11.6 Å². The fraction of sp³-hybridized carbons (Fsp3) is 0.500. The number of amides is 1. The first kappa shape index (κ1) is 13.4. The van der Waals surface area contributed by atoms with Crippen LogP contribution in [0.4, 0.5) is 0 Å². The summed E-state index contributed by atoms with van der Waals surface area (Å²) < 4.78 is 0.